The molecule has 0 amide bonds. The van der Waals surface area contributed by atoms with Crippen LogP contribution in [0.1, 0.15) is 23.6 Å². The van der Waals surface area contributed by atoms with Gasteiger partial charge >= 0.3 is 0 Å². The fourth-order valence-corrected chi connectivity index (χ4v) is 1.38. The summed E-state index contributed by atoms with van der Waals surface area (Å²) < 4.78 is 31.2. The summed E-state index contributed by atoms with van der Waals surface area (Å²) in [6.45, 7) is 2.46. The SMILES string of the molecule is COc1c(C(C)(F)F)ccc(C)c1C#N. The van der Waals surface area contributed by atoms with E-state index in [-0.39, 0.29) is 16.9 Å². The van der Waals surface area contributed by atoms with Crippen molar-refractivity contribution < 1.29 is 13.5 Å². The maximum Gasteiger partial charge on any atom is 0.274 e. The van der Waals surface area contributed by atoms with Crippen LogP contribution in [-0.2, 0) is 5.92 Å². The zero-order valence-corrected chi connectivity index (χ0v) is 8.77. The van der Waals surface area contributed by atoms with Gasteiger partial charge in [-0.25, -0.2) is 8.78 Å². The van der Waals surface area contributed by atoms with Crippen LogP contribution in [0, 0.1) is 18.3 Å². The van der Waals surface area contributed by atoms with Crippen LogP contribution in [0.25, 0.3) is 0 Å². The lowest BCUT2D eigenvalue weighted by Gasteiger charge is -2.16. The van der Waals surface area contributed by atoms with Gasteiger partial charge in [0.1, 0.15) is 11.8 Å². The lowest BCUT2D eigenvalue weighted by Crippen LogP contribution is -2.10. The zero-order chi connectivity index (χ0) is 11.6. The van der Waals surface area contributed by atoms with E-state index in [1.54, 1.807) is 6.92 Å². The van der Waals surface area contributed by atoms with Crippen LogP contribution in [0.15, 0.2) is 12.1 Å². The van der Waals surface area contributed by atoms with E-state index < -0.39 is 5.92 Å². The summed E-state index contributed by atoms with van der Waals surface area (Å²) in [6, 6.07) is 4.65. The second-order valence-corrected chi connectivity index (χ2v) is 3.34. The highest BCUT2D eigenvalue weighted by atomic mass is 19.3. The number of rotatable bonds is 2. The van der Waals surface area contributed by atoms with Gasteiger partial charge in [0.05, 0.1) is 18.2 Å². The molecule has 0 aliphatic heterocycles. The lowest BCUT2D eigenvalue weighted by molar-refractivity contribution is 0.0150. The van der Waals surface area contributed by atoms with Crippen molar-refractivity contribution in [3.8, 4) is 11.8 Å². The van der Waals surface area contributed by atoms with Gasteiger partial charge in [0.2, 0.25) is 0 Å². The van der Waals surface area contributed by atoms with Gasteiger partial charge in [0.25, 0.3) is 5.92 Å². The van der Waals surface area contributed by atoms with Crippen molar-refractivity contribution in [2.45, 2.75) is 19.8 Å². The van der Waals surface area contributed by atoms with Crippen molar-refractivity contribution >= 4 is 0 Å². The molecule has 0 fully saturated rings. The summed E-state index contributed by atoms with van der Waals surface area (Å²) >= 11 is 0. The molecular formula is C11H11F2NO. The molecule has 0 unspecified atom stereocenters. The molecule has 0 radical (unpaired) electrons. The molecule has 4 heteroatoms. The quantitative estimate of drug-likeness (QED) is 0.753. The first-order chi connectivity index (χ1) is 6.91. The predicted octanol–water partition coefficient (Wildman–Crippen LogP) is 2.99. The Labute approximate surface area is 87.1 Å². The van der Waals surface area contributed by atoms with Crippen molar-refractivity contribution in [1.82, 2.24) is 0 Å². The fourth-order valence-electron chi connectivity index (χ4n) is 1.38. The van der Waals surface area contributed by atoms with E-state index in [4.69, 9.17) is 10.00 Å². The van der Waals surface area contributed by atoms with Crippen LogP contribution in [0.3, 0.4) is 0 Å². The molecule has 0 spiro atoms. The van der Waals surface area contributed by atoms with Gasteiger partial charge in [-0.3, -0.25) is 0 Å². The lowest BCUT2D eigenvalue weighted by atomic mass is 10.0. The molecule has 0 bridgehead atoms. The highest BCUT2D eigenvalue weighted by Crippen LogP contribution is 2.37. The number of halogens is 2. The van der Waals surface area contributed by atoms with Gasteiger partial charge in [-0.15, -0.1) is 0 Å². The molecule has 0 saturated carbocycles. The minimum Gasteiger partial charge on any atom is -0.495 e. The van der Waals surface area contributed by atoms with Crippen molar-refractivity contribution in [3.63, 3.8) is 0 Å². The Hall–Kier alpha value is -1.63. The number of benzene rings is 1. The molecule has 0 heterocycles. The summed E-state index contributed by atoms with van der Waals surface area (Å²) in [6.07, 6.45) is 0. The maximum absolute atomic E-state index is 13.2. The largest absolute Gasteiger partial charge is 0.495 e. The van der Waals surface area contributed by atoms with Gasteiger partial charge in [0, 0.05) is 6.92 Å². The molecular weight excluding hydrogens is 200 g/mol. The Kier molecular flexibility index (Phi) is 2.94. The topological polar surface area (TPSA) is 33.0 Å². The van der Waals surface area contributed by atoms with E-state index in [1.165, 1.54) is 19.2 Å². The van der Waals surface area contributed by atoms with Crippen molar-refractivity contribution in [1.29, 1.82) is 5.26 Å². The fraction of sp³-hybridized carbons (Fsp3) is 0.364. The Balaban J connectivity index is 3.51. The molecule has 1 rings (SSSR count). The normalized spacial score (nSPS) is 10.9. The molecule has 0 saturated heterocycles. The molecule has 1 aromatic carbocycles. The Bertz CT molecular complexity index is 416. The van der Waals surface area contributed by atoms with Gasteiger partial charge in [-0.2, -0.15) is 5.26 Å². The van der Waals surface area contributed by atoms with Crippen molar-refractivity contribution in [3.05, 3.63) is 28.8 Å². The van der Waals surface area contributed by atoms with Crippen LogP contribution in [0.4, 0.5) is 8.78 Å². The third kappa shape index (κ3) is 2.07. The average molecular weight is 211 g/mol. The minimum atomic E-state index is -3.01. The van der Waals surface area contributed by atoms with Crippen LogP contribution in [-0.4, -0.2) is 7.11 Å². The molecule has 0 aliphatic carbocycles. The number of methoxy groups -OCH3 is 1. The average Bonchev–Trinajstić information content (AvgIpc) is 2.15. The van der Waals surface area contributed by atoms with E-state index in [2.05, 4.69) is 0 Å². The molecule has 0 aliphatic rings. The van der Waals surface area contributed by atoms with Crippen LogP contribution in [0.5, 0.6) is 5.75 Å². The molecule has 1 aromatic rings. The number of ether oxygens (including phenoxy) is 1. The van der Waals surface area contributed by atoms with Gasteiger partial charge in [-0.1, -0.05) is 6.07 Å². The smallest absolute Gasteiger partial charge is 0.274 e. The van der Waals surface area contributed by atoms with Gasteiger partial charge < -0.3 is 4.74 Å². The second kappa shape index (κ2) is 3.85. The minimum absolute atomic E-state index is 0.0370. The number of aryl methyl sites for hydroxylation is 1. The van der Waals surface area contributed by atoms with Gasteiger partial charge in [-0.05, 0) is 18.6 Å². The first kappa shape index (κ1) is 11.4. The molecule has 0 aromatic heterocycles. The molecule has 80 valence electrons. The monoisotopic (exact) mass is 211 g/mol. The Morgan fingerprint density at radius 3 is 2.40 bits per heavy atom. The maximum atomic E-state index is 13.2. The molecule has 0 N–H and O–H groups in total. The Morgan fingerprint density at radius 2 is 2.00 bits per heavy atom. The highest BCUT2D eigenvalue weighted by molar-refractivity contribution is 5.54. The second-order valence-electron chi connectivity index (χ2n) is 3.34. The van der Waals surface area contributed by atoms with Crippen molar-refractivity contribution in [2.75, 3.05) is 7.11 Å². The zero-order valence-electron chi connectivity index (χ0n) is 8.77. The van der Waals surface area contributed by atoms with Crippen LogP contribution < -0.4 is 4.74 Å². The van der Waals surface area contributed by atoms with E-state index in [1.807, 2.05) is 6.07 Å². The summed E-state index contributed by atoms with van der Waals surface area (Å²) in [5.74, 6) is -3.05. The van der Waals surface area contributed by atoms with E-state index in [0.29, 0.717) is 5.56 Å². The Morgan fingerprint density at radius 1 is 1.40 bits per heavy atom. The summed E-state index contributed by atoms with van der Waals surface area (Å²) in [7, 11) is 1.28. The molecule has 2 nitrogen and oxygen atoms in total. The standard InChI is InChI=1S/C11H11F2NO/c1-7-4-5-9(11(2,12)13)10(15-3)8(7)6-14/h4-5H,1-3H3. The van der Waals surface area contributed by atoms with E-state index in [9.17, 15) is 8.78 Å². The van der Waals surface area contributed by atoms with Gasteiger partial charge in [0.15, 0.2) is 0 Å². The first-order valence-electron chi connectivity index (χ1n) is 4.37. The third-order valence-electron chi connectivity index (χ3n) is 2.15. The summed E-state index contributed by atoms with van der Waals surface area (Å²) in [5, 5.41) is 8.85. The summed E-state index contributed by atoms with van der Waals surface area (Å²) in [5.41, 5.74) is 0.533. The number of hydrogen-bond donors (Lipinski definition) is 0. The van der Waals surface area contributed by atoms with Crippen molar-refractivity contribution in [2.24, 2.45) is 0 Å². The third-order valence-corrected chi connectivity index (χ3v) is 2.15. The number of nitriles is 1. The number of nitrogens with zero attached hydrogens (tertiary/aromatic N) is 1. The molecule has 15 heavy (non-hydrogen) atoms. The van der Waals surface area contributed by atoms with E-state index >= 15 is 0 Å². The van der Waals surface area contributed by atoms with Crippen LogP contribution >= 0.6 is 0 Å². The number of hydrogen-bond acceptors (Lipinski definition) is 2. The van der Waals surface area contributed by atoms with Crippen LogP contribution in [0.2, 0.25) is 0 Å². The predicted molar refractivity (Wildman–Crippen MR) is 52.0 cm³/mol. The number of alkyl halides is 2. The summed E-state index contributed by atoms with van der Waals surface area (Å²) in [4.78, 5) is 0. The van der Waals surface area contributed by atoms with E-state index in [0.717, 1.165) is 6.92 Å². The molecule has 0 atom stereocenters. The first-order valence-corrected chi connectivity index (χ1v) is 4.37. The highest BCUT2D eigenvalue weighted by Gasteiger charge is 2.30.